The van der Waals surface area contributed by atoms with Crippen molar-refractivity contribution >= 4 is 37.3 Å². The third-order valence-corrected chi connectivity index (χ3v) is 10.2. The highest BCUT2D eigenvalue weighted by Crippen LogP contribution is 2.37. The molecule has 38 heavy (non-hydrogen) atoms. The molecule has 1 N–H and O–H groups in total. The van der Waals surface area contributed by atoms with Crippen molar-refractivity contribution in [3.8, 4) is 11.5 Å². The van der Waals surface area contributed by atoms with Gasteiger partial charge < -0.3 is 14.8 Å². The number of fused-ring (bicyclic) bond motifs is 1. The van der Waals surface area contributed by atoms with Crippen LogP contribution in [0.15, 0.2) is 82.6 Å². The number of anilines is 2. The first kappa shape index (κ1) is 26.0. The average Bonchev–Trinajstić information content (AvgIpc) is 3.49. The maximum atomic E-state index is 13.5. The Morgan fingerprint density at radius 2 is 1.58 bits per heavy atom. The van der Waals surface area contributed by atoms with Gasteiger partial charge in [0.25, 0.3) is 15.9 Å². The molecule has 3 aromatic rings. The van der Waals surface area contributed by atoms with Gasteiger partial charge in [-0.05, 0) is 55.3 Å². The third kappa shape index (κ3) is 4.82. The van der Waals surface area contributed by atoms with Crippen LogP contribution in [0.5, 0.6) is 11.5 Å². The van der Waals surface area contributed by atoms with Crippen molar-refractivity contribution in [3.63, 3.8) is 0 Å². The maximum Gasteiger partial charge on any atom is 0.267 e. The molecular formula is C26H27N3O7S2. The highest BCUT2D eigenvalue weighted by molar-refractivity contribution is 7.92. The molecule has 1 unspecified atom stereocenters. The Kier molecular flexibility index (Phi) is 7.03. The van der Waals surface area contributed by atoms with Crippen molar-refractivity contribution in [2.45, 2.75) is 28.7 Å². The minimum absolute atomic E-state index is 0.0266. The number of methoxy groups -OCH3 is 1. The lowest BCUT2D eigenvalue weighted by Crippen LogP contribution is -2.48. The molecule has 0 radical (unpaired) electrons. The molecule has 5 rings (SSSR count). The highest BCUT2D eigenvalue weighted by atomic mass is 32.2. The van der Waals surface area contributed by atoms with Crippen molar-refractivity contribution in [2.75, 3.05) is 36.4 Å². The molecule has 0 bridgehead atoms. The molecule has 0 aliphatic carbocycles. The van der Waals surface area contributed by atoms with Crippen LogP contribution in [-0.2, 0) is 24.8 Å². The Morgan fingerprint density at radius 3 is 2.29 bits per heavy atom. The minimum Gasteiger partial charge on any atom is -0.495 e. The molecule has 2 heterocycles. The molecule has 2 aliphatic rings. The van der Waals surface area contributed by atoms with Gasteiger partial charge in [-0.1, -0.05) is 30.3 Å². The topological polar surface area (TPSA) is 122 Å². The van der Waals surface area contributed by atoms with E-state index in [1.807, 2.05) is 0 Å². The zero-order chi connectivity index (χ0) is 26.9. The lowest BCUT2D eigenvalue weighted by atomic mass is 10.2. The van der Waals surface area contributed by atoms with Crippen LogP contribution in [0.2, 0.25) is 0 Å². The number of carbonyl (C=O) groups excluding carboxylic acids is 1. The predicted octanol–water partition coefficient (Wildman–Crippen LogP) is 3.07. The fourth-order valence-corrected chi connectivity index (χ4v) is 7.56. The van der Waals surface area contributed by atoms with Crippen LogP contribution in [-0.4, -0.2) is 59.9 Å². The fraction of sp³-hybridized carbons (Fsp3) is 0.269. The molecule has 200 valence electrons. The Bertz CT molecular complexity index is 1550. The van der Waals surface area contributed by atoms with E-state index in [1.165, 1.54) is 41.7 Å². The van der Waals surface area contributed by atoms with E-state index in [-0.39, 0.29) is 33.5 Å². The summed E-state index contributed by atoms with van der Waals surface area (Å²) in [6.45, 7) is 0.600. The van der Waals surface area contributed by atoms with E-state index in [2.05, 4.69) is 5.32 Å². The quantitative estimate of drug-likeness (QED) is 0.474. The second-order valence-electron chi connectivity index (χ2n) is 8.89. The summed E-state index contributed by atoms with van der Waals surface area (Å²) in [5.74, 6) is -0.166. The molecular weight excluding hydrogens is 530 g/mol. The number of nitrogens with zero attached hydrogens (tertiary/aromatic N) is 2. The maximum absolute atomic E-state index is 13.5. The molecule has 0 saturated carbocycles. The SMILES string of the molecule is COc1ccc(S(=O)(=O)N2CCCC2)cc1NC(=O)C1CN(S(=O)(=O)c2ccccc2)c2ccccc2O1. The second kappa shape index (κ2) is 10.3. The molecule has 3 aromatic carbocycles. The number of amides is 1. The third-order valence-electron chi connectivity index (χ3n) is 6.49. The van der Waals surface area contributed by atoms with E-state index in [0.29, 0.717) is 18.8 Å². The number of para-hydroxylation sites is 2. The van der Waals surface area contributed by atoms with Gasteiger partial charge in [-0.25, -0.2) is 16.8 Å². The summed E-state index contributed by atoms with van der Waals surface area (Å²) in [6.07, 6.45) is 0.371. The van der Waals surface area contributed by atoms with Crippen LogP contribution in [0.3, 0.4) is 0 Å². The Morgan fingerprint density at radius 1 is 0.895 bits per heavy atom. The predicted molar refractivity (Wildman–Crippen MR) is 141 cm³/mol. The Balaban J connectivity index is 1.45. The molecule has 12 heteroatoms. The van der Waals surface area contributed by atoms with Gasteiger partial charge in [0.1, 0.15) is 11.5 Å². The molecule has 0 spiro atoms. The zero-order valence-corrected chi connectivity index (χ0v) is 22.2. The smallest absolute Gasteiger partial charge is 0.267 e. The van der Waals surface area contributed by atoms with Gasteiger partial charge in [0.05, 0.1) is 34.8 Å². The van der Waals surface area contributed by atoms with Gasteiger partial charge in [-0.15, -0.1) is 0 Å². The number of sulfonamides is 2. The fourth-order valence-electron chi connectivity index (χ4n) is 4.52. The summed E-state index contributed by atoms with van der Waals surface area (Å²) in [4.78, 5) is 13.5. The highest BCUT2D eigenvalue weighted by Gasteiger charge is 2.38. The monoisotopic (exact) mass is 557 g/mol. The van der Waals surface area contributed by atoms with E-state index in [9.17, 15) is 21.6 Å². The first-order valence-corrected chi connectivity index (χ1v) is 14.9. The van der Waals surface area contributed by atoms with Crippen LogP contribution in [0, 0.1) is 0 Å². The van der Waals surface area contributed by atoms with Gasteiger partial charge in [-0.2, -0.15) is 4.31 Å². The van der Waals surface area contributed by atoms with Crippen LogP contribution in [0.1, 0.15) is 12.8 Å². The summed E-state index contributed by atoms with van der Waals surface area (Å²) in [7, 11) is -6.33. The number of hydrogen-bond donors (Lipinski definition) is 1. The molecule has 2 aliphatic heterocycles. The summed E-state index contributed by atoms with van der Waals surface area (Å²) >= 11 is 0. The Labute approximate surface area is 221 Å². The van der Waals surface area contributed by atoms with Crippen LogP contribution in [0.4, 0.5) is 11.4 Å². The van der Waals surface area contributed by atoms with Gasteiger partial charge >= 0.3 is 0 Å². The normalized spacial score (nSPS) is 17.9. The van der Waals surface area contributed by atoms with Crippen LogP contribution < -0.4 is 19.1 Å². The zero-order valence-electron chi connectivity index (χ0n) is 20.6. The number of ether oxygens (including phenoxy) is 2. The minimum atomic E-state index is -4.00. The average molecular weight is 558 g/mol. The number of rotatable bonds is 7. The first-order chi connectivity index (χ1) is 18.2. The number of hydrogen-bond acceptors (Lipinski definition) is 7. The van der Waals surface area contributed by atoms with Crippen molar-refractivity contribution in [1.82, 2.24) is 4.31 Å². The number of benzene rings is 3. The summed E-state index contributed by atoms with van der Waals surface area (Å²) in [6, 6.07) is 18.8. The molecule has 10 nitrogen and oxygen atoms in total. The van der Waals surface area contributed by atoms with Gasteiger partial charge in [0.15, 0.2) is 6.10 Å². The van der Waals surface area contributed by atoms with Gasteiger partial charge in [0.2, 0.25) is 10.0 Å². The van der Waals surface area contributed by atoms with Crippen LogP contribution >= 0.6 is 0 Å². The van der Waals surface area contributed by atoms with E-state index >= 15 is 0 Å². The van der Waals surface area contributed by atoms with E-state index in [1.54, 1.807) is 42.5 Å². The standard InChI is InChI=1S/C26H27N3O7S2/c1-35-23-14-13-20(37(31,32)28-15-7-8-16-28)17-21(23)27-26(30)25-18-29(22-11-5-6-12-24(22)36-25)38(33,34)19-9-3-2-4-10-19/h2-6,9-14,17,25H,7-8,15-16,18H2,1H3,(H,27,30). The van der Waals surface area contributed by atoms with Crippen molar-refractivity contribution in [2.24, 2.45) is 0 Å². The summed E-state index contributed by atoms with van der Waals surface area (Å²) in [5.41, 5.74) is 0.453. The molecule has 1 saturated heterocycles. The van der Waals surface area contributed by atoms with Gasteiger partial charge in [0, 0.05) is 13.1 Å². The van der Waals surface area contributed by atoms with E-state index < -0.39 is 32.1 Å². The lowest BCUT2D eigenvalue weighted by molar-refractivity contribution is -0.122. The second-order valence-corrected chi connectivity index (χ2v) is 12.7. The van der Waals surface area contributed by atoms with Crippen molar-refractivity contribution in [3.05, 3.63) is 72.8 Å². The number of nitrogens with one attached hydrogen (secondary N) is 1. The summed E-state index contributed by atoms with van der Waals surface area (Å²) in [5, 5.41) is 2.68. The molecule has 1 fully saturated rings. The molecule has 1 atom stereocenters. The van der Waals surface area contributed by atoms with E-state index in [4.69, 9.17) is 9.47 Å². The lowest BCUT2D eigenvalue weighted by Gasteiger charge is -2.34. The molecule has 0 aromatic heterocycles. The van der Waals surface area contributed by atoms with Crippen LogP contribution in [0.25, 0.3) is 0 Å². The van der Waals surface area contributed by atoms with Gasteiger partial charge in [-0.3, -0.25) is 9.10 Å². The van der Waals surface area contributed by atoms with E-state index in [0.717, 1.165) is 17.1 Å². The summed E-state index contributed by atoms with van der Waals surface area (Å²) < 4.78 is 67.0. The van der Waals surface area contributed by atoms with Crippen molar-refractivity contribution < 1.29 is 31.1 Å². The number of carbonyl (C=O) groups is 1. The largest absolute Gasteiger partial charge is 0.495 e. The first-order valence-electron chi connectivity index (χ1n) is 12.0. The molecule has 1 amide bonds. The van der Waals surface area contributed by atoms with Crippen molar-refractivity contribution in [1.29, 1.82) is 0 Å². The Hall–Kier alpha value is -3.61.